The Balaban J connectivity index is 2.13. The second kappa shape index (κ2) is 5.59. The van der Waals surface area contributed by atoms with Crippen LogP contribution in [0, 0.1) is 11.8 Å². The molecule has 1 aliphatic rings. The van der Waals surface area contributed by atoms with Gasteiger partial charge in [0, 0.05) is 25.5 Å². The van der Waals surface area contributed by atoms with E-state index in [1.807, 2.05) is 24.3 Å². The Labute approximate surface area is 112 Å². The topological polar surface area (TPSA) is 59.0 Å². The number of methoxy groups -OCH3 is 1. The molecule has 3 atom stereocenters. The second-order valence-electron chi connectivity index (χ2n) is 4.69. The van der Waals surface area contributed by atoms with Crippen molar-refractivity contribution in [3.8, 4) is 5.75 Å². The van der Waals surface area contributed by atoms with Crippen LogP contribution >= 0.6 is 0 Å². The van der Waals surface area contributed by atoms with Crippen molar-refractivity contribution in [3.63, 3.8) is 0 Å². The minimum absolute atomic E-state index is 0.00462. The van der Waals surface area contributed by atoms with Crippen molar-refractivity contribution in [2.75, 3.05) is 27.9 Å². The monoisotopic (exact) mass is 265 g/mol. The standard InChI is InChI=1S/C14H19NO4/c1-15(19-3)14(17)13-11(8-16)12(13)9-4-6-10(18-2)7-5-9/h4-7,11-13,16H,8H2,1-3H3/t11-,12+,13-/m0/s1. The van der Waals surface area contributed by atoms with Gasteiger partial charge in [-0.3, -0.25) is 9.63 Å². The lowest BCUT2D eigenvalue weighted by molar-refractivity contribution is -0.170. The number of aliphatic hydroxyl groups excluding tert-OH is 1. The summed E-state index contributed by atoms with van der Waals surface area (Å²) in [6, 6.07) is 7.60. The molecule has 5 nitrogen and oxygen atoms in total. The van der Waals surface area contributed by atoms with Crippen LogP contribution in [-0.4, -0.2) is 44.0 Å². The summed E-state index contributed by atoms with van der Waals surface area (Å²) >= 11 is 0. The molecule has 5 heteroatoms. The molecule has 1 N–H and O–H groups in total. The number of hydrogen-bond donors (Lipinski definition) is 1. The highest BCUT2D eigenvalue weighted by molar-refractivity contribution is 5.82. The van der Waals surface area contributed by atoms with Crippen molar-refractivity contribution in [3.05, 3.63) is 29.8 Å². The summed E-state index contributed by atoms with van der Waals surface area (Å²) in [4.78, 5) is 17.0. The minimum atomic E-state index is -0.205. The number of aliphatic hydroxyl groups is 1. The highest BCUT2D eigenvalue weighted by Crippen LogP contribution is 2.54. The molecular formula is C14H19NO4. The number of benzene rings is 1. The quantitative estimate of drug-likeness (QED) is 0.808. The first-order chi connectivity index (χ1) is 9.13. The Morgan fingerprint density at radius 1 is 1.32 bits per heavy atom. The molecule has 1 aliphatic carbocycles. The number of hydroxylamine groups is 2. The maximum absolute atomic E-state index is 12.1. The van der Waals surface area contributed by atoms with Gasteiger partial charge in [-0.15, -0.1) is 0 Å². The normalized spacial score (nSPS) is 24.9. The number of nitrogens with zero attached hydrogens (tertiary/aromatic N) is 1. The summed E-state index contributed by atoms with van der Waals surface area (Å²) in [5.74, 6) is 0.507. The fraction of sp³-hybridized carbons (Fsp3) is 0.500. The van der Waals surface area contributed by atoms with E-state index < -0.39 is 0 Å². The Kier molecular flexibility index (Phi) is 4.07. The zero-order valence-corrected chi connectivity index (χ0v) is 11.4. The summed E-state index contributed by atoms with van der Waals surface area (Å²) in [5.41, 5.74) is 1.04. The average molecular weight is 265 g/mol. The minimum Gasteiger partial charge on any atom is -0.497 e. The number of carbonyl (C=O) groups is 1. The van der Waals surface area contributed by atoms with Gasteiger partial charge in [-0.25, -0.2) is 5.06 Å². The van der Waals surface area contributed by atoms with Gasteiger partial charge in [-0.05, 0) is 17.7 Å². The van der Waals surface area contributed by atoms with Gasteiger partial charge in [0.15, 0.2) is 0 Å². The molecule has 0 radical (unpaired) electrons. The molecular weight excluding hydrogens is 246 g/mol. The number of carbonyl (C=O) groups excluding carboxylic acids is 1. The molecule has 1 aromatic carbocycles. The van der Waals surface area contributed by atoms with E-state index in [1.54, 1.807) is 14.2 Å². The van der Waals surface area contributed by atoms with E-state index >= 15 is 0 Å². The third kappa shape index (κ3) is 2.57. The summed E-state index contributed by atoms with van der Waals surface area (Å²) < 4.78 is 5.11. The summed E-state index contributed by atoms with van der Waals surface area (Å²) in [5, 5.41) is 10.6. The van der Waals surface area contributed by atoms with Crippen LogP contribution < -0.4 is 4.74 Å². The van der Waals surface area contributed by atoms with E-state index in [4.69, 9.17) is 9.57 Å². The lowest BCUT2D eigenvalue weighted by Gasteiger charge is -2.13. The van der Waals surface area contributed by atoms with Crippen molar-refractivity contribution in [1.29, 1.82) is 0 Å². The third-order valence-corrected chi connectivity index (χ3v) is 3.75. The zero-order chi connectivity index (χ0) is 14.0. The van der Waals surface area contributed by atoms with Crippen molar-refractivity contribution < 1.29 is 19.5 Å². The second-order valence-corrected chi connectivity index (χ2v) is 4.69. The van der Waals surface area contributed by atoms with Crippen molar-refractivity contribution in [2.24, 2.45) is 11.8 Å². The van der Waals surface area contributed by atoms with Crippen LogP contribution in [0.25, 0.3) is 0 Å². The fourth-order valence-electron chi connectivity index (χ4n) is 2.52. The van der Waals surface area contributed by atoms with E-state index in [1.165, 1.54) is 12.2 Å². The van der Waals surface area contributed by atoms with Crippen LogP contribution in [0.15, 0.2) is 24.3 Å². The molecule has 1 aromatic rings. The third-order valence-electron chi connectivity index (χ3n) is 3.75. The van der Waals surface area contributed by atoms with Crippen LogP contribution in [0.5, 0.6) is 5.75 Å². The zero-order valence-electron chi connectivity index (χ0n) is 11.4. The number of hydrogen-bond acceptors (Lipinski definition) is 4. The maximum atomic E-state index is 12.1. The van der Waals surface area contributed by atoms with Crippen molar-refractivity contribution >= 4 is 5.91 Å². The predicted octanol–water partition coefficient (Wildman–Crippen LogP) is 1.04. The van der Waals surface area contributed by atoms with E-state index in [9.17, 15) is 9.90 Å². The molecule has 0 spiro atoms. The van der Waals surface area contributed by atoms with Gasteiger partial charge < -0.3 is 9.84 Å². The van der Waals surface area contributed by atoms with Gasteiger partial charge in [-0.2, -0.15) is 0 Å². The van der Waals surface area contributed by atoms with Crippen LogP contribution in [0.4, 0.5) is 0 Å². The molecule has 1 fully saturated rings. The first-order valence-electron chi connectivity index (χ1n) is 6.20. The van der Waals surface area contributed by atoms with Gasteiger partial charge in [-0.1, -0.05) is 12.1 Å². The molecule has 1 amide bonds. The lowest BCUT2D eigenvalue weighted by atomic mass is 10.1. The van der Waals surface area contributed by atoms with E-state index in [0.29, 0.717) is 0 Å². The number of amides is 1. The molecule has 2 rings (SSSR count). The molecule has 19 heavy (non-hydrogen) atoms. The average Bonchev–Trinajstić information content (AvgIpc) is 3.20. The predicted molar refractivity (Wildman–Crippen MR) is 69.6 cm³/mol. The summed E-state index contributed by atoms with van der Waals surface area (Å²) in [6.07, 6.45) is 0. The van der Waals surface area contributed by atoms with Gasteiger partial charge in [0.2, 0.25) is 5.91 Å². The first-order valence-corrected chi connectivity index (χ1v) is 6.20. The maximum Gasteiger partial charge on any atom is 0.249 e. The molecule has 1 saturated carbocycles. The van der Waals surface area contributed by atoms with Gasteiger partial charge in [0.1, 0.15) is 5.75 Å². The van der Waals surface area contributed by atoms with Crippen LogP contribution in [0.1, 0.15) is 11.5 Å². The van der Waals surface area contributed by atoms with E-state index in [0.717, 1.165) is 11.3 Å². The number of ether oxygens (including phenoxy) is 1. The first kappa shape index (κ1) is 13.8. The van der Waals surface area contributed by atoms with Crippen LogP contribution in [0.2, 0.25) is 0 Å². The van der Waals surface area contributed by atoms with Gasteiger partial charge in [0.05, 0.1) is 20.1 Å². The Hall–Kier alpha value is -1.59. The smallest absolute Gasteiger partial charge is 0.249 e. The molecule has 0 aliphatic heterocycles. The van der Waals surface area contributed by atoms with E-state index in [2.05, 4.69) is 0 Å². The SMILES string of the molecule is COc1ccc([C@@H]2[C@H](CO)[C@@H]2C(=O)N(C)OC)cc1. The van der Waals surface area contributed by atoms with E-state index in [-0.39, 0.29) is 30.3 Å². The summed E-state index contributed by atoms with van der Waals surface area (Å²) in [7, 11) is 4.65. The molecule has 0 bridgehead atoms. The van der Waals surface area contributed by atoms with Gasteiger partial charge >= 0.3 is 0 Å². The van der Waals surface area contributed by atoms with Crippen LogP contribution in [0.3, 0.4) is 0 Å². The number of rotatable bonds is 5. The Bertz CT molecular complexity index is 445. The summed E-state index contributed by atoms with van der Waals surface area (Å²) in [6.45, 7) is 0.00462. The van der Waals surface area contributed by atoms with Crippen LogP contribution in [-0.2, 0) is 9.63 Å². The largest absolute Gasteiger partial charge is 0.497 e. The molecule has 0 aromatic heterocycles. The fourth-order valence-corrected chi connectivity index (χ4v) is 2.52. The van der Waals surface area contributed by atoms with Crippen molar-refractivity contribution in [2.45, 2.75) is 5.92 Å². The van der Waals surface area contributed by atoms with Gasteiger partial charge in [0.25, 0.3) is 0 Å². The molecule has 0 unspecified atom stereocenters. The molecule has 104 valence electrons. The highest BCUT2D eigenvalue weighted by Gasteiger charge is 2.55. The highest BCUT2D eigenvalue weighted by atomic mass is 16.7. The Morgan fingerprint density at radius 3 is 2.42 bits per heavy atom. The lowest BCUT2D eigenvalue weighted by Crippen LogP contribution is -2.28. The molecule has 0 saturated heterocycles. The molecule has 0 heterocycles. The Morgan fingerprint density at radius 2 is 1.95 bits per heavy atom. The van der Waals surface area contributed by atoms with Crippen molar-refractivity contribution in [1.82, 2.24) is 5.06 Å².